The van der Waals surface area contributed by atoms with Crippen LogP contribution in [0.5, 0.6) is 0 Å². The molecule has 1 saturated carbocycles. The molecule has 1 aliphatic heterocycles. The molecule has 2 aromatic rings. The lowest BCUT2D eigenvalue weighted by molar-refractivity contribution is 0.299. The van der Waals surface area contributed by atoms with Crippen LogP contribution in [0.1, 0.15) is 36.6 Å². The number of halogens is 1. The van der Waals surface area contributed by atoms with Gasteiger partial charge in [0.25, 0.3) is 0 Å². The molecule has 0 unspecified atom stereocenters. The smallest absolute Gasteiger partial charge is 0.224 e. The van der Waals surface area contributed by atoms with Gasteiger partial charge in [0.2, 0.25) is 11.8 Å². The van der Waals surface area contributed by atoms with E-state index in [0.29, 0.717) is 22.4 Å². The molecule has 5 nitrogen and oxygen atoms in total. The molecule has 1 aromatic heterocycles. The Labute approximate surface area is 139 Å². The monoisotopic (exact) mass is 328 g/mol. The van der Waals surface area contributed by atoms with Crippen LogP contribution >= 0.6 is 11.6 Å². The first-order valence-corrected chi connectivity index (χ1v) is 8.26. The van der Waals surface area contributed by atoms with Gasteiger partial charge in [0.05, 0.1) is 21.7 Å². The molecule has 2 heterocycles. The van der Waals surface area contributed by atoms with E-state index in [1.807, 2.05) is 19.1 Å². The number of anilines is 1. The minimum atomic E-state index is -0.0870. The Morgan fingerprint density at radius 2 is 2.30 bits per heavy atom. The molecule has 6 heteroatoms. The van der Waals surface area contributed by atoms with Crippen LogP contribution in [0.2, 0.25) is 5.02 Å². The maximum absolute atomic E-state index is 9.45. The highest BCUT2D eigenvalue weighted by Crippen LogP contribution is 2.51. The minimum Gasteiger partial charge on any atom is -0.425 e. The van der Waals surface area contributed by atoms with Gasteiger partial charge in [0, 0.05) is 20.0 Å². The van der Waals surface area contributed by atoms with E-state index in [4.69, 9.17) is 16.0 Å². The third-order valence-electron chi connectivity index (χ3n) is 5.27. The van der Waals surface area contributed by atoms with Crippen molar-refractivity contribution in [3.8, 4) is 6.07 Å². The van der Waals surface area contributed by atoms with Gasteiger partial charge in [0.15, 0.2) is 0 Å². The van der Waals surface area contributed by atoms with Gasteiger partial charge in [0.1, 0.15) is 6.07 Å². The fourth-order valence-corrected chi connectivity index (χ4v) is 4.42. The van der Waals surface area contributed by atoms with Gasteiger partial charge >= 0.3 is 0 Å². The number of rotatable bonds is 2. The first-order chi connectivity index (χ1) is 11.1. The lowest BCUT2D eigenvalue weighted by atomic mass is 9.80. The Hall–Kier alpha value is -2.06. The maximum Gasteiger partial charge on any atom is 0.224 e. The van der Waals surface area contributed by atoms with Crippen LogP contribution in [-0.2, 0) is 5.41 Å². The fraction of sp³-hybridized carbons (Fsp3) is 0.471. The molecule has 2 aliphatic rings. The molecule has 0 spiro atoms. The van der Waals surface area contributed by atoms with Crippen molar-refractivity contribution in [1.82, 2.24) is 10.2 Å². The van der Waals surface area contributed by atoms with Crippen molar-refractivity contribution in [3.05, 3.63) is 40.6 Å². The van der Waals surface area contributed by atoms with E-state index < -0.39 is 0 Å². The van der Waals surface area contributed by atoms with Crippen molar-refractivity contribution in [3.63, 3.8) is 0 Å². The SMILES string of the molecule is Cc1nnc([C@]23CCC[C@H]2CN(c2cccc(Cl)c2C#N)C3)o1. The molecule has 1 saturated heterocycles. The summed E-state index contributed by atoms with van der Waals surface area (Å²) < 4.78 is 5.80. The number of nitriles is 1. The van der Waals surface area contributed by atoms with Crippen molar-refractivity contribution < 1.29 is 4.42 Å². The first-order valence-electron chi connectivity index (χ1n) is 7.88. The Bertz CT molecular complexity index is 796. The summed E-state index contributed by atoms with van der Waals surface area (Å²) in [5.74, 6) is 1.84. The van der Waals surface area contributed by atoms with Gasteiger partial charge in [-0.3, -0.25) is 0 Å². The summed E-state index contributed by atoms with van der Waals surface area (Å²) >= 11 is 6.19. The number of benzene rings is 1. The second-order valence-electron chi connectivity index (χ2n) is 6.50. The van der Waals surface area contributed by atoms with Gasteiger partial charge < -0.3 is 9.32 Å². The predicted octanol–water partition coefficient (Wildman–Crippen LogP) is 3.46. The molecule has 0 N–H and O–H groups in total. The van der Waals surface area contributed by atoms with Crippen molar-refractivity contribution in [2.45, 2.75) is 31.6 Å². The fourth-order valence-electron chi connectivity index (χ4n) is 4.21. The van der Waals surface area contributed by atoms with E-state index in [9.17, 15) is 5.26 Å². The zero-order chi connectivity index (χ0) is 16.0. The standard InChI is InChI=1S/C17H17ClN4O/c1-11-20-21-16(23-11)17-7-3-4-12(17)9-22(10-17)15-6-2-5-14(18)13(15)8-19/h2,5-6,12H,3-4,7,9-10H2,1H3/t12-,17-/m0/s1. The van der Waals surface area contributed by atoms with Gasteiger partial charge in [-0.2, -0.15) is 5.26 Å². The highest BCUT2D eigenvalue weighted by molar-refractivity contribution is 6.32. The number of aromatic nitrogens is 2. The van der Waals surface area contributed by atoms with E-state index in [1.165, 1.54) is 6.42 Å². The Balaban J connectivity index is 1.74. The van der Waals surface area contributed by atoms with Crippen LogP contribution in [-0.4, -0.2) is 23.3 Å². The van der Waals surface area contributed by atoms with Gasteiger partial charge in [-0.05, 0) is 30.9 Å². The average Bonchev–Trinajstić information content (AvgIpc) is 3.20. The lowest BCUT2D eigenvalue weighted by Gasteiger charge is -2.25. The lowest BCUT2D eigenvalue weighted by Crippen LogP contribution is -2.32. The summed E-state index contributed by atoms with van der Waals surface area (Å²) in [5.41, 5.74) is 1.37. The van der Waals surface area contributed by atoms with E-state index >= 15 is 0 Å². The third-order valence-corrected chi connectivity index (χ3v) is 5.58. The van der Waals surface area contributed by atoms with E-state index in [1.54, 1.807) is 6.07 Å². The predicted molar refractivity (Wildman–Crippen MR) is 86.4 cm³/mol. The van der Waals surface area contributed by atoms with E-state index in [2.05, 4.69) is 21.2 Å². The van der Waals surface area contributed by atoms with E-state index in [-0.39, 0.29) is 5.41 Å². The van der Waals surface area contributed by atoms with Crippen molar-refractivity contribution in [2.75, 3.05) is 18.0 Å². The van der Waals surface area contributed by atoms with Crippen LogP contribution in [0.15, 0.2) is 22.6 Å². The summed E-state index contributed by atoms with van der Waals surface area (Å²) in [4.78, 5) is 2.26. The number of hydrogen-bond donors (Lipinski definition) is 0. The highest BCUT2D eigenvalue weighted by Gasteiger charge is 2.54. The number of nitrogens with zero attached hydrogens (tertiary/aromatic N) is 4. The van der Waals surface area contributed by atoms with Crippen LogP contribution in [0.25, 0.3) is 0 Å². The number of aryl methyl sites for hydroxylation is 1. The van der Waals surface area contributed by atoms with Crippen molar-refractivity contribution >= 4 is 17.3 Å². The molecule has 0 radical (unpaired) electrons. The molecule has 23 heavy (non-hydrogen) atoms. The zero-order valence-corrected chi connectivity index (χ0v) is 13.7. The van der Waals surface area contributed by atoms with Crippen molar-refractivity contribution in [2.24, 2.45) is 5.92 Å². The molecule has 0 amide bonds. The van der Waals surface area contributed by atoms with Crippen LogP contribution < -0.4 is 4.90 Å². The summed E-state index contributed by atoms with van der Waals surface area (Å²) in [5, 5.41) is 18.3. The highest BCUT2D eigenvalue weighted by atomic mass is 35.5. The number of hydrogen-bond acceptors (Lipinski definition) is 5. The Kier molecular flexibility index (Phi) is 3.31. The minimum absolute atomic E-state index is 0.0870. The van der Waals surface area contributed by atoms with Crippen LogP contribution in [0.3, 0.4) is 0 Å². The Morgan fingerprint density at radius 1 is 1.43 bits per heavy atom. The first kappa shape index (κ1) is 14.5. The molecule has 1 aromatic carbocycles. The summed E-state index contributed by atoms with van der Waals surface area (Å²) in [6.07, 6.45) is 3.39. The quantitative estimate of drug-likeness (QED) is 0.844. The summed E-state index contributed by atoms with van der Waals surface area (Å²) in [6.45, 7) is 3.53. The second-order valence-corrected chi connectivity index (χ2v) is 6.91. The number of fused-ring (bicyclic) bond motifs is 1. The van der Waals surface area contributed by atoms with Gasteiger partial charge in [-0.15, -0.1) is 10.2 Å². The molecular weight excluding hydrogens is 312 g/mol. The summed E-state index contributed by atoms with van der Waals surface area (Å²) in [6, 6.07) is 7.87. The summed E-state index contributed by atoms with van der Waals surface area (Å²) in [7, 11) is 0. The molecular formula is C17H17ClN4O. The molecule has 118 valence electrons. The zero-order valence-electron chi connectivity index (χ0n) is 12.9. The van der Waals surface area contributed by atoms with Gasteiger partial charge in [-0.1, -0.05) is 24.1 Å². The molecule has 1 aliphatic carbocycles. The second kappa shape index (κ2) is 5.24. The largest absolute Gasteiger partial charge is 0.425 e. The molecule has 2 fully saturated rings. The molecule has 2 atom stereocenters. The molecule has 4 rings (SSSR count). The van der Waals surface area contributed by atoms with Gasteiger partial charge in [-0.25, -0.2) is 0 Å². The topological polar surface area (TPSA) is 66.0 Å². The normalized spacial score (nSPS) is 26.3. The van der Waals surface area contributed by atoms with Crippen LogP contribution in [0.4, 0.5) is 5.69 Å². The molecule has 0 bridgehead atoms. The average molecular weight is 329 g/mol. The maximum atomic E-state index is 9.45. The van der Waals surface area contributed by atoms with Crippen LogP contribution in [0, 0.1) is 24.2 Å². The van der Waals surface area contributed by atoms with E-state index in [0.717, 1.165) is 37.5 Å². The third kappa shape index (κ3) is 2.13. The van der Waals surface area contributed by atoms with Crippen molar-refractivity contribution in [1.29, 1.82) is 5.26 Å². The Morgan fingerprint density at radius 3 is 3.04 bits per heavy atom.